The molecule has 94 valence electrons. The number of carbonyl (C=O) groups is 1. The van der Waals surface area contributed by atoms with Gasteiger partial charge in [0.25, 0.3) is 0 Å². The molecule has 0 aliphatic heterocycles. The average Bonchev–Trinajstić information content (AvgIpc) is 2.35. The third-order valence-electron chi connectivity index (χ3n) is 2.34. The van der Waals surface area contributed by atoms with Crippen molar-refractivity contribution in [2.75, 3.05) is 13.7 Å². The van der Waals surface area contributed by atoms with Crippen molar-refractivity contribution < 1.29 is 14.3 Å². The molecule has 1 rings (SSSR count). The first-order valence-corrected chi connectivity index (χ1v) is 6.47. The molecule has 0 heterocycles. The van der Waals surface area contributed by atoms with Crippen molar-refractivity contribution in [2.24, 2.45) is 0 Å². The summed E-state index contributed by atoms with van der Waals surface area (Å²) in [5.74, 6) is 0.736. The summed E-state index contributed by atoms with van der Waals surface area (Å²) >= 11 is 3.37. The first-order valence-electron chi connectivity index (χ1n) is 5.67. The molecule has 0 radical (unpaired) electrons. The van der Waals surface area contributed by atoms with E-state index in [-0.39, 0.29) is 5.97 Å². The maximum Gasteiger partial charge on any atom is 0.305 e. The van der Waals surface area contributed by atoms with Gasteiger partial charge in [-0.15, -0.1) is 0 Å². The Balaban J connectivity index is 2.04. The Morgan fingerprint density at radius 2 is 1.88 bits per heavy atom. The Morgan fingerprint density at radius 1 is 1.18 bits per heavy atom. The number of carbonyl (C=O) groups excluding carboxylic acids is 1. The van der Waals surface area contributed by atoms with E-state index in [4.69, 9.17) is 4.74 Å². The minimum absolute atomic E-state index is 0.140. The van der Waals surface area contributed by atoms with Crippen LogP contribution in [0.1, 0.15) is 25.7 Å². The Labute approximate surface area is 110 Å². The highest BCUT2D eigenvalue weighted by Gasteiger charge is 1.99. The zero-order valence-electron chi connectivity index (χ0n) is 9.95. The first-order chi connectivity index (χ1) is 8.22. The van der Waals surface area contributed by atoms with E-state index in [9.17, 15) is 4.79 Å². The molecule has 0 atom stereocenters. The fourth-order valence-electron chi connectivity index (χ4n) is 1.37. The van der Waals surface area contributed by atoms with Crippen LogP contribution >= 0.6 is 15.9 Å². The number of hydrogen-bond donors (Lipinski definition) is 0. The minimum Gasteiger partial charge on any atom is -0.494 e. The summed E-state index contributed by atoms with van der Waals surface area (Å²) in [6.45, 7) is 0.683. The van der Waals surface area contributed by atoms with E-state index in [1.807, 2.05) is 24.3 Å². The molecule has 17 heavy (non-hydrogen) atoms. The Morgan fingerprint density at radius 3 is 2.53 bits per heavy atom. The van der Waals surface area contributed by atoms with Crippen LogP contribution in [0.3, 0.4) is 0 Å². The lowest BCUT2D eigenvalue weighted by Crippen LogP contribution is -2.01. The van der Waals surface area contributed by atoms with Crippen molar-refractivity contribution in [1.29, 1.82) is 0 Å². The lowest BCUT2D eigenvalue weighted by molar-refractivity contribution is -0.140. The van der Waals surface area contributed by atoms with E-state index in [2.05, 4.69) is 20.7 Å². The molecule has 0 bridgehead atoms. The monoisotopic (exact) mass is 300 g/mol. The number of unbranched alkanes of at least 4 members (excludes halogenated alkanes) is 2. The zero-order valence-corrected chi connectivity index (χ0v) is 11.5. The van der Waals surface area contributed by atoms with Crippen molar-refractivity contribution in [3.63, 3.8) is 0 Å². The van der Waals surface area contributed by atoms with Gasteiger partial charge in [0.1, 0.15) is 5.75 Å². The number of benzene rings is 1. The van der Waals surface area contributed by atoms with Crippen LogP contribution in [0.5, 0.6) is 5.75 Å². The van der Waals surface area contributed by atoms with E-state index in [0.717, 1.165) is 29.5 Å². The highest BCUT2D eigenvalue weighted by molar-refractivity contribution is 9.10. The molecule has 3 nitrogen and oxygen atoms in total. The lowest BCUT2D eigenvalue weighted by atomic mass is 10.2. The number of rotatable bonds is 7. The number of hydrogen-bond acceptors (Lipinski definition) is 3. The van der Waals surface area contributed by atoms with Gasteiger partial charge in [-0.3, -0.25) is 4.79 Å². The second-order valence-corrected chi connectivity index (χ2v) is 4.60. The van der Waals surface area contributed by atoms with E-state index < -0.39 is 0 Å². The van der Waals surface area contributed by atoms with Gasteiger partial charge >= 0.3 is 5.97 Å². The zero-order chi connectivity index (χ0) is 12.5. The Bertz CT molecular complexity index is 335. The van der Waals surface area contributed by atoms with Gasteiger partial charge in [0, 0.05) is 10.9 Å². The summed E-state index contributed by atoms with van der Waals surface area (Å²) in [7, 11) is 1.42. The molecule has 0 amide bonds. The van der Waals surface area contributed by atoms with Crippen LogP contribution in [-0.2, 0) is 9.53 Å². The molecule has 0 fully saturated rings. The maximum atomic E-state index is 10.8. The van der Waals surface area contributed by atoms with E-state index in [1.165, 1.54) is 7.11 Å². The van der Waals surface area contributed by atoms with Crippen molar-refractivity contribution in [3.05, 3.63) is 28.7 Å². The summed E-state index contributed by atoms with van der Waals surface area (Å²) in [6.07, 6.45) is 3.28. The van der Waals surface area contributed by atoms with Crippen molar-refractivity contribution in [3.8, 4) is 5.75 Å². The summed E-state index contributed by atoms with van der Waals surface area (Å²) < 4.78 is 11.2. The van der Waals surface area contributed by atoms with Gasteiger partial charge in [-0.2, -0.15) is 0 Å². The summed E-state index contributed by atoms with van der Waals surface area (Å²) in [5, 5.41) is 0. The lowest BCUT2D eigenvalue weighted by Gasteiger charge is -2.05. The van der Waals surface area contributed by atoms with E-state index in [0.29, 0.717) is 13.0 Å². The topological polar surface area (TPSA) is 35.5 Å². The van der Waals surface area contributed by atoms with E-state index in [1.54, 1.807) is 0 Å². The van der Waals surface area contributed by atoms with Crippen LogP contribution in [0, 0.1) is 0 Å². The highest BCUT2D eigenvalue weighted by atomic mass is 79.9. The quantitative estimate of drug-likeness (QED) is 0.570. The van der Waals surface area contributed by atoms with Crippen LogP contribution in [0.25, 0.3) is 0 Å². The van der Waals surface area contributed by atoms with E-state index >= 15 is 0 Å². The van der Waals surface area contributed by atoms with Crippen molar-refractivity contribution >= 4 is 21.9 Å². The van der Waals surface area contributed by atoms with Gasteiger partial charge in [-0.05, 0) is 43.5 Å². The van der Waals surface area contributed by atoms with Gasteiger partial charge in [0.2, 0.25) is 0 Å². The molecule has 0 spiro atoms. The molecular weight excluding hydrogens is 284 g/mol. The van der Waals surface area contributed by atoms with Crippen LogP contribution in [0.15, 0.2) is 28.7 Å². The minimum atomic E-state index is -0.140. The molecule has 1 aromatic rings. The molecule has 0 saturated heterocycles. The van der Waals surface area contributed by atoms with Gasteiger partial charge in [0.05, 0.1) is 13.7 Å². The number of halogens is 1. The fourth-order valence-corrected chi connectivity index (χ4v) is 1.64. The highest BCUT2D eigenvalue weighted by Crippen LogP contribution is 2.16. The number of esters is 1. The second-order valence-electron chi connectivity index (χ2n) is 3.69. The Kier molecular flexibility index (Phi) is 6.70. The van der Waals surface area contributed by atoms with Gasteiger partial charge in [-0.25, -0.2) is 0 Å². The average molecular weight is 301 g/mol. The summed E-state index contributed by atoms with van der Waals surface area (Å²) in [5.41, 5.74) is 0. The largest absolute Gasteiger partial charge is 0.494 e. The molecule has 1 aromatic carbocycles. The van der Waals surface area contributed by atoms with Crippen LogP contribution in [-0.4, -0.2) is 19.7 Å². The second kappa shape index (κ2) is 8.12. The van der Waals surface area contributed by atoms with Crippen molar-refractivity contribution in [1.82, 2.24) is 0 Å². The third-order valence-corrected chi connectivity index (χ3v) is 2.86. The SMILES string of the molecule is COC(=O)CCCCCOc1ccc(Br)cc1. The molecule has 0 aliphatic carbocycles. The molecule has 0 saturated carbocycles. The molecular formula is C13H17BrO3. The normalized spacial score (nSPS) is 10.0. The predicted octanol–water partition coefficient (Wildman–Crippen LogP) is 3.56. The number of methoxy groups -OCH3 is 1. The van der Waals surface area contributed by atoms with Crippen LogP contribution < -0.4 is 4.74 Å². The van der Waals surface area contributed by atoms with Gasteiger partial charge in [0.15, 0.2) is 0 Å². The Hall–Kier alpha value is -1.03. The molecule has 0 aliphatic rings. The fraction of sp³-hybridized carbons (Fsp3) is 0.462. The molecule has 0 unspecified atom stereocenters. The number of ether oxygens (including phenoxy) is 2. The van der Waals surface area contributed by atoms with Gasteiger partial charge < -0.3 is 9.47 Å². The van der Waals surface area contributed by atoms with Crippen LogP contribution in [0.4, 0.5) is 0 Å². The van der Waals surface area contributed by atoms with Crippen molar-refractivity contribution in [2.45, 2.75) is 25.7 Å². The predicted molar refractivity (Wildman–Crippen MR) is 70.1 cm³/mol. The molecule has 0 N–H and O–H groups in total. The van der Waals surface area contributed by atoms with Gasteiger partial charge in [-0.1, -0.05) is 15.9 Å². The maximum absolute atomic E-state index is 10.8. The smallest absolute Gasteiger partial charge is 0.305 e. The summed E-state index contributed by atoms with van der Waals surface area (Å²) in [6, 6.07) is 7.76. The standard InChI is InChI=1S/C13H17BrO3/c1-16-13(15)5-3-2-4-10-17-12-8-6-11(14)7-9-12/h6-9H,2-5,10H2,1H3. The molecule has 4 heteroatoms. The molecule has 0 aromatic heterocycles. The first kappa shape index (κ1) is 14.0. The van der Waals surface area contributed by atoms with Crippen LogP contribution in [0.2, 0.25) is 0 Å². The summed E-state index contributed by atoms with van der Waals surface area (Å²) in [4.78, 5) is 10.8. The third kappa shape index (κ3) is 6.31.